The molecule has 0 aliphatic rings. The molecule has 0 aromatic heterocycles. The summed E-state index contributed by atoms with van der Waals surface area (Å²) in [5.74, 6) is 0.405. The van der Waals surface area contributed by atoms with Crippen LogP contribution >= 0.6 is 0 Å². The number of aryl methyl sites for hydroxylation is 1. The fraction of sp³-hybridized carbons (Fsp3) is 0.235. The van der Waals surface area contributed by atoms with Crippen molar-refractivity contribution in [3.8, 4) is 0 Å². The predicted molar refractivity (Wildman–Crippen MR) is 87.4 cm³/mol. The lowest BCUT2D eigenvalue weighted by atomic mass is 10.2. The van der Waals surface area contributed by atoms with Crippen LogP contribution in [0.15, 0.2) is 59.6 Å². The van der Waals surface area contributed by atoms with E-state index in [0.29, 0.717) is 25.7 Å². The van der Waals surface area contributed by atoms with Crippen LogP contribution < -0.4 is 11.1 Å². The van der Waals surface area contributed by atoms with Crippen LogP contribution in [-0.2, 0) is 11.3 Å². The molecule has 4 heteroatoms. The summed E-state index contributed by atoms with van der Waals surface area (Å²) in [4.78, 5) is 4.23. The zero-order chi connectivity index (χ0) is 14.9. The highest BCUT2D eigenvalue weighted by Crippen LogP contribution is 2.07. The number of hydrogen-bond donors (Lipinski definition) is 2. The van der Waals surface area contributed by atoms with Gasteiger partial charge in [-0.05, 0) is 24.6 Å². The average molecular weight is 283 g/mol. The van der Waals surface area contributed by atoms with E-state index in [1.807, 2.05) is 61.5 Å². The first-order valence-corrected chi connectivity index (χ1v) is 6.99. The number of hydrogen-bond acceptors (Lipinski definition) is 2. The molecule has 0 aliphatic carbocycles. The molecule has 0 spiro atoms. The van der Waals surface area contributed by atoms with Crippen LogP contribution in [0.5, 0.6) is 0 Å². The fourth-order valence-corrected chi connectivity index (χ4v) is 1.82. The Morgan fingerprint density at radius 2 is 1.81 bits per heavy atom. The lowest BCUT2D eigenvalue weighted by Gasteiger charge is -2.06. The smallest absolute Gasteiger partial charge is 0.193 e. The van der Waals surface area contributed by atoms with Crippen molar-refractivity contribution >= 4 is 11.6 Å². The van der Waals surface area contributed by atoms with E-state index in [0.717, 1.165) is 11.3 Å². The van der Waals surface area contributed by atoms with E-state index in [1.165, 1.54) is 5.56 Å². The standard InChI is InChI=1S/C17H21N3O/c1-14-7-9-16(10-8-14)20-17(18)19-11-12-21-13-15-5-3-2-4-6-15/h2-10H,11-13H2,1H3,(H3,18,19,20). The van der Waals surface area contributed by atoms with Crippen molar-refractivity contribution in [2.24, 2.45) is 10.7 Å². The SMILES string of the molecule is Cc1ccc(NC(N)=NCCOCc2ccccc2)cc1. The summed E-state index contributed by atoms with van der Waals surface area (Å²) in [5.41, 5.74) is 9.13. The molecule has 0 aliphatic heterocycles. The molecule has 3 N–H and O–H groups in total. The number of nitrogens with two attached hydrogens (primary N) is 1. The van der Waals surface area contributed by atoms with E-state index in [9.17, 15) is 0 Å². The van der Waals surface area contributed by atoms with Crippen molar-refractivity contribution < 1.29 is 4.74 Å². The summed E-state index contributed by atoms with van der Waals surface area (Å²) < 4.78 is 5.55. The average Bonchev–Trinajstić information content (AvgIpc) is 2.50. The van der Waals surface area contributed by atoms with Crippen molar-refractivity contribution in [1.29, 1.82) is 0 Å². The van der Waals surface area contributed by atoms with Crippen LogP contribution in [0.1, 0.15) is 11.1 Å². The van der Waals surface area contributed by atoms with E-state index in [-0.39, 0.29) is 0 Å². The molecule has 2 aromatic rings. The highest BCUT2D eigenvalue weighted by molar-refractivity contribution is 5.92. The third-order valence-corrected chi connectivity index (χ3v) is 2.95. The van der Waals surface area contributed by atoms with Gasteiger partial charge in [0.05, 0.1) is 19.8 Å². The lowest BCUT2D eigenvalue weighted by Crippen LogP contribution is -2.23. The molecule has 2 aromatic carbocycles. The van der Waals surface area contributed by atoms with E-state index < -0.39 is 0 Å². The van der Waals surface area contributed by atoms with Gasteiger partial charge in [0.2, 0.25) is 0 Å². The van der Waals surface area contributed by atoms with Crippen molar-refractivity contribution in [3.05, 3.63) is 65.7 Å². The first kappa shape index (κ1) is 15.1. The number of ether oxygens (including phenoxy) is 1. The van der Waals surface area contributed by atoms with Gasteiger partial charge in [-0.25, -0.2) is 0 Å². The molecule has 2 rings (SSSR count). The lowest BCUT2D eigenvalue weighted by molar-refractivity contribution is 0.128. The molecule has 0 unspecified atom stereocenters. The monoisotopic (exact) mass is 283 g/mol. The number of anilines is 1. The summed E-state index contributed by atoms with van der Waals surface area (Å²) in [5, 5.41) is 3.05. The number of aliphatic imine (C=N–C) groups is 1. The maximum absolute atomic E-state index is 5.82. The Morgan fingerprint density at radius 1 is 1.10 bits per heavy atom. The van der Waals surface area contributed by atoms with Gasteiger partial charge in [-0.15, -0.1) is 0 Å². The zero-order valence-electron chi connectivity index (χ0n) is 12.3. The summed E-state index contributed by atoms with van der Waals surface area (Å²) in [6.45, 7) is 3.73. The Morgan fingerprint density at radius 3 is 2.52 bits per heavy atom. The first-order chi connectivity index (χ1) is 10.2. The highest BCUT2D eigenvalue weighted by atomic mass is 16.5. The van der Waals surface area contributed by atoms with E-state index >= 15 is 0 Å². The van der Waals surface area contributed by atoms with Crippen molar-refractivity contribution in [1.82, 2.24) is 0 Å². The van der Waals surface area contributed by atoms with Crippen LogP contribution in [0.3, 0.4) is 0 Å². The molecule has 0 bridgehead atoms. The van der Waals surface area contributed by atoms with Gasteiger partial charge in [0, 0.05) is 5.69 Å². The normalized spacial score (nSPS) is 11.4. The molecule has 110 valence electrons. The van der Waals surface area contributed by atoms with Gasteiger partial charge >= 0.3 is 0 Å². The molecule has 4 nitrogen and oxygen atoms in total. The van der Waals surface area contributed by atoms with Gasteiger partial charge in [0.1, 0.15) is 0 Å². The first-order valence-electron chi connectivity index (χ1n) is 6.99. The van der Waals surface area contributed by atoms with Crippen LogP contribution in [0.2, 0.25) is 0 Å². The molecule has 21 heavy (non-hydrogen) atoms. The molecule has 0 amide bonds. The second-order valence-corrected chi connectivity index (χ2v) is 4.80. The molecule has 0 saturated carbocycles. The zero-order valence-corrected chi connectivity index (χ0v) is 12.3. The van der Waals surface area contributed by atoms with Crippen LogP contribution in [0.25, 0.3) is 0 Å². The minimum atomic E-state index is 0.405. The topological polar surface area (TPSA) is 59.6 Å². The van der Waals surface area contributed by atoms with Crippen molar-refractivity contribution in [2.75, 3.05) is 18.5 Å². The maximum atomic E-state index is 5.82. The van der Waals surface area contributed by atoms with Gasteiger partial charge in [-0.3, -0.25) is 4.99 Å². The van der Waals surface area contributed by atoms with Gasteiger partial charge in [-0.1, -0.05) is 48.0 Å². The Bertz CT molecular complexity index is 564. The molecule has 0 atom stereocenters. The van der Waals surface area contributed by atoms with Crippen LogP contribution in [-0.4, -0.2) is 19.1 Å². The number of nitrogens with zero attached hydrogens (tertiary/aromatic N) is 1. The van der Waals surface area contributed by atoms with Gasteiger partial charge in [0.25, 0.3) is 0 Å². The predicted octanol–water partition coefficient (Wildman–Crippen LogP) is 2.94. The number of guanidine groups is 1. The third kappa shape index (κ3) is 5.67. The van der Waals surface area contributed by atoms with Gasteiger partial charge in [-0.2, -0.15) is 0 Å². The minimum absolute atomic E-state index is 0.405. The fourth-order valence-electron chi connectivity index (χ4n) is 1.82. The second-order valence-electron chi connectivity index (χ2n) is 4.80. The summed E-state index contributed by atoms with van der Waals surface area (Å²) in [6, 6.07) is 18.1. The quantitative estimate of drug-likeness (QED) is 0.487. The van der Waals surface area contributed by atoms with Crippen molar-refractivity contribution in [3.63, 3.8) is 0 Å². The Balaban J connectivity index is 1.68. The number of rotatable bonds is 6. The van der Waals surface area contributed by atoms with Crippen LogP contribution in [0.4, 0.5) is 5.69 Å². The molecule has 0 heterocycles. The van der Waals surface area contributed by atoms with Gasteiger partial charge in [0.15, 0.2) is 5.96 Å². The Labute approximate surface area is 125 Å². The van der Waals surface area contributed by atoms with Crippen molar-refractivity contribution in [2.45, 2.75) is 13.5 Å². The van der Waals surface area contributed by atoms with Gasteiger partial charge < -0.3 is 15.8 Å². The Kier molecular flexibility index (Phi) is 5.79. The van der Waals surface area contributed by atoms with E-state index in [4.69, 9.17) is 10.5 Å². The number of nitrogens with one attached hydrogen (secondary N) is 1. The molecule has 0 saturated heterocycles. The van der Waals surface area contributed by atoms with E-state index in [1.54, 1.807) is 0 Å². The largest absolute Gasteiger partial charge is 0.375 e. The molecular formula is C17H21N3O. The maximum Gasteiger partial charge on any atom is 0.193 e. The highest BCUT2D eigenvalue weighted by Gasteiger charge is 1.95. The third-order valence-electron chi connectivity index (χ3n) is 2.95. The molecule has 0 fully saturated rings. The second kappa shape index (κ2) is 8.07. The summed E-state index contributed by atoms with van der Waals surface area (Å²) in [7, 11) is 0. The van der Waals surface area contributed by atoms with Crippen LogP contribution in [0, 0.1) is 6.92 Å². The summed E-state index contributed by atoms with van der Waals surface area (Å²) in [6.07, 6.45) is 0. The minimum Gasteiger partial charge on any atom is -0.375 e. The van der Waals surface area contributed by atoms with E-state index in [2.05, 4.69) is 10.3 Å². The molecular weight excluding hydrogens is 262 g/mol. The number of benzene rings is 2. The Hall–Kier alpha value is -2.33. The summed E-state index contributed by atoms with van der Waals surface area (Å²) >= 11 is 0. The molecule has 0 radical (unpaired) electrons.